The molecule has 0 aromatic heterocycles. The van der Waals surface area contributed by atoms with E-state index in [1.165, 1.54) is 0 Å². The first-order chi connectivity index (χ1) is 11.3. The molecule has 0 bridgehead atoms. The van der Waals surface area contributed by atoms with Crippen LogP contribution >= 0.6 is 0 Å². The molecule has 0 aliphatic carbocycles. The average Bonchev–Trinajstić information content (AvgIpc) is 2.64. The zero-order valence-electron chi connectivity index (χ0n) is 12.8. The predicted molar refractivity (Wildman–Crippen MR) is 92.4 cm³/mol. The summed E-state index contributed by atoms with van der Waals surface area (Å²) < 4.78 is 6.11. The fourth-order valence-corrected chi connectivity index (χ4v) is 2.44. The number of hydrogen-bond donors (Lipinski definition) is 0. The maximum Gasteiger partial charge on any atom is 0.231 e. The van der Waals surface area contributed by atoms with Crippen molar-refractivity contribution in [1.82, 2.24) is 0 Å². The van der Waals surface area contributed by atoms with Gasteiger partial charge in [0.2, 0.25) is 11.4 Å². The molecule has 0 aliphatic rings. The van der Waals surface area contributed by atoms with Crippen molar-refractivity contribution >= 4 is 11.4 Å². The van der Waals surface area contributed by atoms with Crippen molar-refractivity contribution in [1.29, 1.82) is 0 Å². The standard InChI is InChI=1S/C20H17NO2/c1-23-19-14-12-18(13-15-19)21(22)20(16-8-4-2-5-9-16)17-10-6-3-7-11-17/h2-15H,1H3. The molecule has 0 radical (unpaired) electrons. The van der Waals surface area contributed by atoms with Gasteiger partial charge in [-0.05, 0) is 36.4 Å². The van der Waals surface area contributed by atoms with Crippen molar-refractivity contribution in [2.75, 3.05) is 7.11 Å². The molecule has 3 nitrogen and oxygen atoms in total. The molecule has 3 rings (SSSR count). The van der Waals surface area contributed by atoms with Crippen LogP contribution in [-0.2, 0) is 0 Å². The summed E-state index contributed by atoms with van der Waals surface area (Å²) in [4.78, 5) is 0. The van der Waals surface area contributed by atoms with Crippen LogP contribution in [0.1, 0.15) is 11.1 Å². The molecule has 0 spiro atoms. The summed E-state index contributed by atoms with van der Waals surface area (Å²) in [6, 6.07) is 26.5. The lowest BCUT2D eigenvalue weighted by molar-refractivity contribution is -0.359. The van der Waals surface area contributed by atoms with Crippen molar-refractivity contribution in [3.63, 3.8) is 0 Å². The molecule has 0 unspecified atom stereocenters. The van der Waals surface area contributed by atoms with E-state index in [1.807, 2.05) is 60.7 Å². The van der Waals surface area contributed by atoms with Crippen molar-refractivity contribution in [3.05, 3.63) is 101 Å². The molecule has 114 valence electrons. The van der Waals surface area contributed by atoms with Crippen LogP contribution in [-0.4, -0.2) is 17.6 Å². The van der Waals surface area contributed by atoms with E-state index in [9.17, 15) is 5.21 Å². The van der Waals surface area contributed by atoms with E-state index in [0.717, 1.165) is 21.6 Å². The number of methoxy groups -OCH3 is 1. The normalized spacial score (nSPS) is 10.1. The highest BCUT2D eigenvalue weighted by Gasteiger charge is 2.17. The lowest BCUT2D eigenvalue weighted by Gasteiger charge is -2.11. The van der Waals surface area contributed by atoms with E-state index in [4.69, 9.17) is 4.74 Å². The van der Waals surface area contributed by atoms with Gasteiger partial charge in [-0.15, -0.1) is 0 Å². The van der Waals surface area contributed by atoms with E-state index >= 15 is 0 Å². The molecule has 0 saturated heterocycles. The lowest BCUT2D eigenvalue weighted by atomic mass is 10.0. The van der Waals surface area contributed by atoms with Gasteiger partial charge < -0.3 is 9.94 Å². The van der Waals surface area contributed by atoms with Gasteiger partial charge in [0.15, 0.2) is 0 Å². The van der Waals surface area contributed by atoms with E-state index in [-0.39, 0.29) is 0 Å². The quantitative estimate of drug-likeness (QED) is 0.310. The number of benzene rings is 3. The van der Waals surface area contributed by atoms with Gasteiger partial charge in [-0.2, -0.15) is 4.74 Å². The van der Waals surface area contributed by atoms with E-state index in [1.54, 1.807) is 31.4 Å². The number of ether oxygens (including phenoxy) is 1. The Hall–Kier alpha value is -3.07. The van der Waals surface area contributed by atoms with Crippen molar-refractivity contribution in [3.8, 4) is 5.75 Å². The van der Waals surface area contributed by atoms with Crippen molar-refractivity contribution < 1.29 is 9.48 Å². The summed E-state index contributed by atoms with van der Waals surface area (Å²) in [7, 11) is 1.61. The minimum absolute atomic E-state index is 0.563. The van der Waals surface area contributed by atoms with Crippen LogP contribution in [0.2, 0.25) is 0 Å². The Bertz CT molecular complexity index is 753. The van der Waals surface area contributed by atoms with Gasteiger partial charge in [0.1, 0.15) is 5.75 Å². The molecule has 0 saturated carbocycles. The fraction of sp³-hybridized carbons (Fsp3) is 0.0500. The largest absolute Gasteiger partial charge is 0.618 e. The smallest absolute Gasteiger partial charge is 0.231 e. The molecule has 0 N–H and O–H groups in total. The highest BCUT2D eigenvalue weighted by atomic mass is 16.5. The van der Waals surface area contributed by atoms with Gasteiger partial charge >= 0.3 is 0 Å². The number of nitrogens with zero attached hydrogens (tertiary/aromatic N) is 1. The highest BCUT2D eigenvalue weighted by molar-refractivity contribution is 6.10. The molecule has 3 aromatic rings. The van der Waals surface area contributed by atoms with Crippen LogP contribution in [0.5, 0.6) is 5.75 Å². The molecule has 23 heavy (non-hydrogen) atoms. The Morgan fingerprint density at radius 3 is 1.65 bits per heavy atom. The van der Waals surface area contributed by atoms with Gasteiger partial charge in [-0.1, -0.05) is 36.4 Å². The average molecular weight is 303 g/mol. The van der Waals surface area contributed by atoms with Gasteiger partial charge in [0, 0.05) is 23.3 Å². The van der Waals surface area contributed by atoms with E-state index < -0.39 is 0 Å². The van der Waals surface area contributed by atoms with E-state index in [0.29, 0.717) is 11.4 Å². The maximum absolute atomic E-state index is 13.0. The summed E-state index contributed by atoms with van der Waals surface area (Å²) in [5.74, 6) is 0.725. The van der Waals surface area contributed by atoms with Gasteiger partial charge in [0.05, 0.1) is 7.11 Å². The Kier molecular flexibility index (Phi) is 4.39. The third-order valence-corrected chi connectivity index (χ3v) is 3.60. The summed E-state index contributed by atoms with van der Waals surface area (Å²) in [5, 5.41) is 13.0. The minimum Gasteiger partial charge on any atom is -0.618 e. The first-order valence-electron chi connectivity index (χ1n) is 7.38. The molecular formula is C20H17NO2. The van der Waals surface area contributed by atoms with Gasteiger partial charge in [0.25, 0.3) is 0 Å². The third-order valence-electron chi connectivity index (χ3n) is 3.60. The predicted octanol–water partition coefficient (Wildman–Crippen LogP) is 4.37. The van der Waals surface area contributed by atoms with Crippen LogP contribution < -0.4 is 4.74 Å². The van der Waals surface area contributed by atoms with Gasteiger partial charge in [-0.3, -0.25) is 0 Å². The lowest BCUT2D eigenvalue weighted by Crippen LogP contribution is -2.15. The second-order valence-corrected chi connectivity index (χ2v) is 5.07. The molecule has 0 atom stereocenters. The van der Waals surface area contributed by atoms with Crippen LogP contribution in [0.4, 0.5) is 5.69 Å². The molecule has 0 heterocycles. The van der Waals surface area contributed by atoms with E-state index in [2.05, 4.69) is 0 Å². The summed E-state index contributed by atoms with van der Waals surface area (Å²) in [6.07, 6.45) is 0. The van der Waals surface area contributed by atoms with Crippen LogP contribution in [0.25, 0.3) is 0 Å². The zero-order chi connectivity index (χ0) is 16.1. The summed E-state index contributed by atoms with van der Waals surface area (Å²) >= 11 is 0. The zero-order valence-corrected chi connectivity index (χ0v) is 12.8. The Morgan fingerprint density at radius 2 is 1.22 bits per heavy atom. The molecule has 0 amide bonds. The maximum atomic E-state index is 13.0. The minimum atomic E-state index is 0.563. The third kappa shape index (κ3) is 3.24. The van der Waals surface area contributed by atoms with Crippen molar-refractivity contribution in [2.24, 2.45) is 0 Å². The second kappa shape index (κ2) is 6.79. The molecule has 0 fully saturated rings. The molecule has 0 aliphatic heterocycles. The first-order valence-corrected chi connectivity index (χ1v) is 7.38. The summed E-state index contributed by atoms with van der Waals surface area (Å²) in [5.41, 5.74) is 2.94. The van der Waals surface area contributed by atoms with Gasteiger partial charge in [-0.25, -0.2) is 0 Å². The Morgan fingerprint density at radius 1 is 0.739 bits per heavy atom. The monoisotopic (exact) mass is 303 g/mol. The van der Waals surface area contributed by atoms with Crippen LogP contribution in [0, 0.1) is 5.21 Å². The first kappa shape index (κ1) is 14.9. The Labute approximate surface area is 135 Å². The van der Waals surface area contributed by atoms with Crippen LogP contribution in [0.3, 0.4) is 0 Å². The summed E-state index contributed by atoms with van der Waals surface area (Å²) in [6.45, 7) is 0. The second-order valence-electron chi connectivity index (χ2n) is 5.07. The number of hydrogen-bond acceptors (Lipinski definition) is 2. The molecule has 3 heteroatoms. The van der Waals surface area contributed by atoms with Crippen molar-refractivity contribution in [2.45, 2.75) is 0 Å². The SMILES string of the molecule is COc1ccc([N+]([O-])=C(c2ccccc2)c2ccccc2)cc1. The fourth-order valence-electron chi connectivity index (χ4n) is 2.44. The molecule has 3 aromatic carbocycles. The van der Waals surface area contributed by atoms with Crippen LogP contribution in [0.15, 0.2) is 84.9 Å². The number of rotatable bonds is 4. The molecular weight excluding hydrogens is 286 g/mol. The topological polar surface area (TPSA) is 35.3 Å². The Balaban J connectivity index is 2.16. The highest BCUT2D eigenvalue weighted by Crippen LogP contribution is 2.20.